The zero-order valence-electron chi connectivity index (χ0n) is 19.7. The quantitative estimate of drug-likeness (QED) is 0.582. The summed E-state index contributed by atoms with van der Waals surface area (Å²) in [5.41, 5.74) is 2.85. The molecule has 8 heteroatoms. The number of aromatic amines is 1. The van der Waals surface area contributed by atoms with Crippen molar-refractivity contribution in [3.8, 4) is 17.2 Å². The summed E-state index contributed by atoms with van der Waals surface area (Å²) in [7, 11) is 4.68. The van der Waals surface area contributed by atoms with Crippen LogP contribution >= 0.6 is 0 Å². The summed E-state index contributed by atoms with van der Waals surface area (Å²) in [5.74, 6) is 1.54. The number of nitrogens with zero attached hydrogens (tertiary/aromatic N) is 2. The smallest absolute Gasteiger partial charge is 0.246 e. The van der Waals surface area contributed by atoms with Crippen LogP contribution in [0.2, 0.25) is 0 Å². The summed E-state index contributed by atoms with van der Waals surface area (Å²) in [5, 5.41) is 1.07. The zero-order chi connectivity index (χ0) is 23.8. The van der Waals surface area contributed by atoms with Crippen molar-refractivity contribution in [2.24, 2.45) is 0 Å². The minimum Gasteiger partial charge on any atom is -0.493 e. The average molecular weight is 464 g/mol. The number of amides is 2. The molecule has 0 radical (unpaired) electrons. The highest BCUT2D eigenvalue weighted by Gasteiger charge is 2.47. The van der Waals surface area contributed by atoms with E-state index in [2.05, 4.69) is 4.98 Å². The number of nitrogens with one attached hydrogen (secondary N) is 1. The van der Waals surface area contributed by atoms with Gasteiger partial charge in [0.05, 0.1) is 21.3 Å². The second-order valence-electron chi connectivity index (χ2n) is 8.77. The fourth-order valence-corrected chi connectivity index (χ4v) is 5.27. The van der Waals surface area contributed by atoms with Crippen LogP contribution in [0.4, 0.5) is 0 Å². The maximum Gasteiger partial charge on any atom is 0.246 e. The molecule has 2 atom stereocenters. The van der Waals surface area contributed by atoms with Gasteiger partial charge >= 0.3 is 0 Å². The third kappa shape index (κ3) is 3.63. The first kappa shape index (κ1) is 22.1. The van der Waals surface area contributed by atoms with Gasteiger partial charge in [-0.15, -0.1) is 0 Å². The lowest BCUT2D eigenvalue weighted by atomic mass is 9.97. The van der Waals surface area contributed by atoms with E-state index in [0.717, 1.165) is 28.5 Å². The second-order valence-corrected chi connectivity index (χ2v) is 8.77. The van der Waals surface area contributed by atoms with E-state index < -0.39 is 6.04 Å². The van der Waals surface area contributed by atoms with Crippen molar-refractivity contribution in [3.05, 3.63) is 53.7 Å². The van der Waals surface area contributed by atoms with Gasteiger partial charge in [-0.25, -0.2) is 0 Å². The molecule has 0 spiro atoms. The van der Waals surface area contributed by atoms with Crippen LogP contribution in [0.15, 0.2) is 42.6 Å². The number of fused-ring (bicyclic) bond motifs is 2. The third-order valence-corrected chi connectivity index (χ3v) is 6.93. The monoisotopic (exact) mass is 463 g/mol. The fourth-order valence-electron chi connectivity index (χ4n) is 5.27. The van der Waals surface area contributed by atoms with Gasteiger partial charge in [0.25, 0.3) is 0 Å². The van der Waals surface area contributed by atoms with Gasteiger partial charge in [0.2, 0.25) is 17.6 Å². The SMILES string of the molecule is COc1cc(CN2C(=O)[C@@H]3CCCN3C(=O)[C@@H]2Cc2c[nH]c3ccccc23)cc(OC)c1OC. The molecule has 0 bridgehead atoms. The number of hydrogen-bond acceptors (Lipinski definition) is 5. The minimum atomic E-state index is -0.583. The number of carbonyl (C=O) groups excluding carboxylic acids is 2. The van der Waals surface area contributed by atoms with E-state index in [1.165, 1.54) is 0 Å². The second kappa shape index (κ2) is 8.93. The van der Waals surface area contributed by atoms with E-state index >= 15 is 0 Å². The molecule has 2 aliphatic rings. The number of H-pyrrole nitrogens is 1. The maximum absolute atomic E-state index is 13.6. The highest BCUT2D eigenvalue weighted by molar-refractivity contribution is 5.98. The van der Waals surface area contributed by atoms with E-state index in [1.54, 1.807) is 31.1 Å². The van der Waals surface area contributed by atoms with Crippen LogP contribution in [0.5, 0.6) is 17.2 Å². The van der Waals surface area contributed by atoms with Crippen molar-refractivity contribution in [3.63, 3.8) is 0 Å². The minimum absolute atomic E-state index is 0.00399. The topological polar surface area (TPSA) is 84.1 Å². The molecule has 2 fully saturated rings. The molecule has 3 aromatic rings. The number of benzene rings is 2. The molecule has 5 rings (SSSR count). The molecule has 34 heavy (non-hydrogen) atoms. The third-order valence-electron chi connectivity index (χ3n) is 6.93. The predicted molar refractivity (Wildman–Crippen MR) is 127 cm³/mol. The van der Waals surface area contributed by atoms with E-state index in [4.69, 9.17) is 14.2 Å². The van der Waals surface area contributed by atoms with Gasteiger partial charge < -0.3 is 29.0 Å². The molecule has 8 nitrogen and oxygen atoms in total. The summed E-state index contributed by atoms with van der Waals surface area (Å²) < 4.78 is 16.4. The van der Waals surface area contributed by atoms with E-state index in [1.807, 2.05) is 42.6 Å². The Labute approximate surface area is 198 Å². The number of methoxy groups -OCH3 is 3. The maximum atomic E-state index is 13.6. The van der Waals surface area contributed by atoms with E-state index in [0.29, 0.717) is 36.6 Å². The largest absolute Gasteiger partial charge is 0.493 e. The van der Waals surface area contributed by atoms with Crippen LogP contribution in [0.3, 0.4) is 0 Å². The number of carbonyl (C=O) groups is 2. The molecule has 2 amide bonds. The molecular formula is C26H29N3O5. The molecule has 0 unspecified atom stereocenters. The molecule has 1 N–H and O–H groups in total. The van der Waals surface area contributed by atoms with Crippen LogP contribution in [0.25, 0.3) is 10.9 Å². The molecule has 2 aromatic carbocycles. The zero-order valence-corrected chi connectivity index (χ0v) is 19.7. The van der Waals surface area contributed by atoms with Gasteiger partial charge in [-0.05, 0) is 42.2 Å². The standard InChI is InChI=1S/C26H29N3O5/c1-32-22-11-16(12-23(33-2)24(22)34-3)15-29-21(26(31)28-10-6-9-20(28)25(29)30)13-17-14-27-19-8-5-4-7-18(17)19/h4-5,7-8,11-12,14,20-21,27H,6,9-10,13,15H2,1-3H3/t20-,21-/m0/s1. The normalized spacial score (nSPS) is 20.1. The van der Waals surface area contributed by atoms with Gasteiger partial charge in [0.1, 0.15) is 12.1 Å². The predicted octanol–water partition coefficient (Wildman–Crippen LogP) is 3.14. The summed E-state index contributed by atoms with van der Waals surface area (Å²) in [6.45, 7) is 0.913. The molecule has 0 saturated carbocycles. The van der Waals surface area contributed by atoms with E-state index in [9.17, 15) is 9.59 Å². The molecule has 1 aromatic heterocycles. The lowest BCUT2D eigenvalue weighted by Crippen LogP contribution is -2.63. The molecule has 0 aliphatic carbocycles. The Kier molecular flexibility index (Phi) is 5.81. The number of piperazine rings is 1. The number of rotatable bonds is 7. The van der Waals surface area contributed by atoms with Crippen molar-refractivity contribution in [1.29, 1.82) is 0 Å². The highest BCUT2D eigenvalue weighted by atomic mass is 16.5. The Balaban J connectivity index is 1.52. The Morgan fingerprint density at radius 2 is 1.74 bits per heavy atom. The highest BCUT2D eigenvalue weighted by Crippen LogP contribution is 2.39. The van der Waals surface area contributed by atoms with Gasteiger partial charge in [0, 0.05) is 36.6 Å². The van der Waals surface area contributed by atoms with Crippen molar-refractivity contribution >= 4 is 22.7 Å². The first-order chi connectivity index (χ1) is 16.5. The lowest BCUT2D eigenvalue weighted by Gasteiger charge is -2.42. The molecule has 3 heterocycles. The number of hydrogen-bond donors (Lipinski definition) is 1. The lowest BCUT2D eigenvalue weighted by molar-refractivity contribution is -0.160. The number of aromatic nitrogens is 1. The molecule has 178 valence electrons. The van der Waals surface area contributed by atoms with E-state index in [-0.39, 0.29) is 24.4 Å². The van der Waals surface area contributed by atoms with Crippen LogP contribution in [-0.2, 0) is 22.6 Å². The Bertz CT molecular complexity index is 1210. The van der Waals surface area contributed by atoms with Gasteiger partial charge in [-0.2, -0.15) is 0 Å². The van der Waals surface area contributed by atoms with Crippen molar-refractivity contribution in [2.75, 3.05) is 27.9 Å². The van der Waals surface area contributed by atoms with Crippen LogP contribution in [-0.4, -0.2) is 66.6 Å². The first-order valence-corrected chi connectivity index (χ1v) is 11.5. The Morgan fingerprint density at radius 3 is 2.44 bits per heavy atom. The Morgan fingerprint density at radius 1 is 1.00 bits per heavy atom. The fraction of sp³-hybridized carbons (Fsp3) is 0.385. The van der Waals surface area contributed by atoms with Crippen LogP contribution in [0, 0.1) is 0 Å². The van der Waals surface area contributed by atoms with Crippen molar-refractivity contribution in [1.82, 2.24) is 14.8 Å². The molecule has 2 saturated heterocycles. The summed E-state index contributed by atoms with van der Waals surface area (Å²) in [6.07, 6.45) is 3.94. The molecule has 2 aliphatic heterocycles. The van der Waals surface area contributed by atoms with Crippen molar-refractivity contribution < 1.29 is 23.8 Å². The summed E-state index contributed by atoms with van der Waals surface area (Å²) >= 11 is 0. The summed E-state index contributed by atoms with van der Waals surface area (Å²) in [6, 6.07) is 10.7. The molecular weight excluding hydrogens is 434 g/mol. The van der Waals surface area contributed by atoms with Crippen LogP contribution < -0.4 is 14.2 Å². The van der Waals surface area contributed by atoms with Gasteiger partial charge in [-0.3, -0.25) is 9.59 Å². The Hall–Kier alpha value is -3.68. The number of ether oxygens (including phenoxy) is 3. The van der Waals surface area contributed by atoms with Crippen LogP contribution in [0.1, 0.15) is 24.0 Å². The van der Waals surface area contributed by atoms with Gasteiger partial charge in [0.15, 0.2) is 11.5 Å². The average Bonchev–Trinajstić information content (AvgIpc) is 3.52. The van der Waals surface area contributed by atoms with Crippen molar-refractivity contribution in [2.45, 2.75) is 37.9 Å². The first-order valence-electron chi connectivity index (χ1n) is 11.5. The summed E-state index contributed by atoms with van der Waals surface area (Å²) in [4.78, 5) is 34.0. The number of para-hydroxylation sites is 1. The van der Waals surface area contributed by atoms with Gasteiger partial charge in [-0.1, -0.05) is 18.2 Å².